The number of furan rings is 2. The van der Waals surface area contributed by atoms with E-state index in [0.717, 1.165) is 75.4 Å². The van der Waals surface area contributed by atoms with Crippen molar-refractivity contribution in [3.8, 4) is 11.3 Å². The number of carbonyl (C=O) groups is 1. The summed E-state index contributed by atoms with van der Waals surface area (Å²) in [6.45, 7) is 20.8. The van der Waals surface area contributed by atoms with E-state index >= 15 is 0 Å². The third-order valence-corrected chi connectivity index (χ3v) is 11.1. The van der Waals surface area contributed by atoms with Crippen LogP contribution in [0.2, 0.25) is 0 Å². The molecule has 0 saturated heterocycles. The molecule has 8 heteroatoms. The van der Waals surface area contributed by atoms with Crippen LogP contribution in [-0.2, 0) is 30.3 Å². The molecule has 257 valence electrons. The zero-order valence-electron chi connectivity index (χ0n) is 29.8. The Morgan fingerprint density at radius 2 is 1.58 bits per heavy atom. The summed E-state index contributed by atoms with van der Waals surface area (Å²) in [7, 11) is 0. The van der Waals surface area contributed by atoms with Gasteiger partial charge in [-0.3, -0.25) is 9.78 Å². The van der Waals surface area contributed by atoms with Crippen molar-refractivity contribution in [3.63, 3.8) is 0 Å². The predicted octanol–water partition coefficient (Wildman–Crippen LogP) is 12.1. The zero-order valence-corrected chi connectivity index (χ0v) is 33.0. The second-order valence-electron chi connectivity index (χ2n) is 14.2. The molecule has 0 aliphatic carbocycles. The molecule has 0 atom stereocenters. The van der Waals surface area contributed by atoms with Crippen molar-refractivity contribution < 1.29 is 38.8 Å². The first-order valence-electron chi connectivity index (χ1n) is 16.7. The third-order valence-electron chi connectivity index (χ3n) is 10.2. The first-order valence-corrected chi connectivity index (χ1v) is 17.5. The molecule has 0 unspecified atom stereocenters. The maximum Gasteiger partial charge on any atom is 0.223 e. The maximum atomic E-state index is 12.2. The molecule has 6 nitrogen and oxygen atoms in total. The smallest absolute Gasteiger partial charge is 0.223 e. The summed E-state index contributed by atoms with van der Waals surface area (Å²) in [5.41, 5.74) is 4.58. The van der Waals surface area contributed by atoms with Crippen molar-refractivity contribution in [2.75, 3.05) is 0 Å². The van der Waals surface area contributed by atoms with Gasteiger partial charge in [0.05, 0.1) is 5.39 Å². The van der Waals surface area contributed by atoms with E-state index in [4.69, 9.17) is 8.83 Å². The minimum atomic E-state index is -0.337. The normalized spacial score (nSPS) is 12.8. The van der Waals surface area contributed by atoms with Crippen LogP contribution in [0.15, 0.2) is 62.7 Å². The van der Waals surface area contributed by atoms with Crippen molar-refractivity contribution in [1.29, 1.82) is 0 Å². The Kier molecular flexibility index (Phi) is 11.1. The topological polar surface area (TPSA) is 89.4 Å². The van der Waals surface area contributed by atoms with Gasteiger partial charge in [0.1, 0.15) is 29.0 Å². The minimum Gasteiger partial charge on any atom is -0.512 e. The summed E-state index contributed by atoms with van der Waals surface area (Å²) in [5.74, 6) is 1.15. The van der Waals surface area contributed by atoms with Crippen LogP contribution in [0.1, 0.15) is 99.3 Å². The molecule has 2 aromatic carbocycles. The number of aliphatic hydroxyl groups is 1. The summed E-state index contributed by atoms with van der Waals surface area (Å²) in [6, 6.07) is 14.0. The van der Waals surface area contributed by atoms with E-state index in [0.29, 0.717) is 5.71 Å². The van der Waals surface area contributed by atoms with Gasteiger partial charge in [0, 0.05) is 53.5 Å². The summed E-state index contributed by atoms with van der Waals surface area (Å²) < 4.78 is 13.4. The molecule has 1 N–H and O–H groups in total. The van der Waals surface area contributed by atoms with Crippen LogP contribution in [0.4, 0.5) is 0 Å². The van der Waals surface area contributed by atoms with Crippen LogP contribution in [0.5, 0.6) is 0 Å². The number of ketones is 1. The van der Waals surface area contributed by atoms with Crippen molar-refractivity contribution in [3.05, 3.63) is 71.3 Å². The molecule has 0 aliphatic rings. The zero-order chi connectivity index (χ0) is 34.3. The average molecular weight is 844 g/mol. The van der Waals surface area contributed by atoms with Gasteiger partial charge in [0.2, 0.25) is 5.71 Å². The summed E-state index contributed by atoms with van der Waals surface area (Å²) in [5, 5.41) is 16.2. The van der Waals surface area contributed by atoms with Gasteiger partial charge in [-0.2, -0.15) is 11.3 Å². The second-order valence-corrected chi connectivity index (χ2v) is 15.1. The third kappa shape index (κ3) is 6.90. The molecule has 4 aromatic heterocycles. The number of benzene rings is 2. The molecule has 0 fully saturated rings. The Bertz CT molecular complexity index is 2100. The van der Waals surface area contributed by atoms with Gasteiger partial charge in [0.25, 0.3) is 0 Å². The molecule has 48 heavy (non-hydrogen) atoms. The van der Waals surface area contributed by atoms with Crippen LogP contribution in [0.25, 0.3) is 54.4 Å². The van der Waals surface area contributed by atoms with Gasteiger partial charge >= 0.3 is 0 Å². The number of aliphatic hydroxyl groups excluding tert-OH is 1. The predicted molar refractivity (Wildman–Crippen MR) is 195 cm³/mol. The number of rotatable bonds is 8. The molecule has 4 heterocycles. The minimum absolute atomic E-state index is 0. The van der Waals surface area contributed by atoms with E-state index in [1.165, 1.54) is 16.3 Å². The number of aryl methyl sites for hydroxylation is 1. The Balaban J connectivity index is 0.000000251. The SMILES string of the molecule is CCC(C)(CC)C(=O)/C=C(\O)C(C)(CC)CC.Cc1cc2ccc3oc4ncnc(-c5[c-]c6ccsc6c(C(C)(C)C)c5)c4c3c2o1.[Ir]. The fourth-order valence-electron chi connectivity index (χ4n) is 5.89. The molecule has 0 spiro atoms. The summed E-state index contributed by atoms with van der Waals surface area (Å²) >= 11 is 1.76. The van der Waals surface area contributed by atoms with Crippen molar-refractivity contribution in [2.45, 2.75) is 100 Å². The molecule has 0 saturated carbocycles. The molecule has 1 radical (unpaired) electrons. The van der Waals surface area contributed by atoms with Gasteiger partial charge in [-0.1, -0.05) is 73.4 Å². The van der Waals surface area contributed by atoms with Crippen LogP contribution >= 0.6 is 11.3 Å². The van der Waals surface area contributed by atoms with Gasteiger partial charge in [-0.15, -0.1) is 23.6 Å². The van der Waals surface area contributed by atoms with E-state index in [-0.39, 0.29) is 47.9 Å². The van der Waals surface area contributed by atoms with E-state index in [9.17, 15) is 9.90 Å². The number of fused-ring (bicyclic) bond motifs is 6. The Hall–Kier alpha value is -3.32. The molecular weight excluding hydrogens is 797 g/mol. The quantitative estimate of drug-likeness (QED) is 0.0932. The molecule has 0 bridgehead atoms. The largest absolute Gasteiger partial charge is 0.512 e. The number of nitrogens with zero attached hydrogens (tertiary/aromatic N) is 2. The fourth-order valence-corrected chi connectivity index (χ4v) is 6.97. The molecule has 0 aliphatic heterocycles. The Morgan fingerprint density at radius 3 is 2.21 bits per heavy atom. The van der Waals surface area contributed by atoms with Gasteiger partial charge in [-0.05, 0) is 66.3 Å². The van der Waals surface area contributed by atoms with Crippen LogP contribution in [0, 0.1) is 23.8 Å². The number of allylic oxidation sites excluding steroid dienone is 2. The fraction of sp³-hybridized carbons (Fsp3) is 0.425. The molecular formula is C40H47IrN2O4S-. The summed E-state index contributed by atoms with van der Waals surface area (Å²) in [6.07, 6.45) is 6.32. The van der Waals surface area contributed by atoms with E-state index in [2.05, 4.69) is 54.3 Å². The first-order chi connectivity index (χ1) is 22.2. The van der Waals surface area contributed by atoms with Crippen molar-refractivity contribution in [1.82, 2.24) is 9.97 Å². The average Bonchev–Trinajstić information content (AvgIpc) is 3.78. The van der Waals surface area contributed by atoms with Gasteiger partial charge in [0.15, 0.2) is 5.78 Å². The number of carbonyl (C=O) groups excluding carboxylic acids is 1. The van der Waals surface area contributed by atoms with Gasteiger partial charge in [-0.25, -0.2) is 4.98 Å². The van der Waals surface area contributed by atoms with E-state index in [1.807, 2.05) is 66.7 Å². The number of aromatic nitrogens is 2. The van der Waals surface area contributed by atoms with Crippen LogP contribution in [-0.4, -0.2) is 20.9 Å². The Morgan fingerprint density at radius 1 is 0.917 bits per heavy atom. The maximum absolute atomic E-state index is 12.2. The molecule has 6 rings (SSSR count). The van der Waals surface area contributed by atoms with Gasteiger partial charge < -0.3 is 13.9 Å². The summed E-state index contributed by atoms with van der Waals surface area (Å²) in [4.78, 5) is 21.3. The standard InChI is InChI=1S/C25H19N2O2S.C15H28O2.Ir/c1-13-9-14-5-6-18-19(22(14)28-13)20-21(26-12-27-24(20)29-18)16-10-15-7-8-30-23(15)17(11-16)25(2,3)4;1-7-14(5,8-2)12(16)11-13(17)15(6,9-3)10-4;/h5-9,11-12H,1-4H3;11,16H,7-10H2,1-6H3;/q-1;;/b;12-11-;. The second kappa shape index (κ2) is 14.3. The Labute approximate surface area is 301 Å². The first kappa shape index (κ1) is 37.5. The number of hydrogen-bond acceptors (Lipinski definition) is 7. The van der Waals surface area contributed by atoms with E-state index in [1.54, 1.807) is 17.7 Å². The van der Waals surface area contributed by atoms with Crippen molar-refractivity contribution >= 4 is 60.2 Å². The van der Waals surface area contributed by atoms with Crippen LogP contribution in [0.3, 0.4) is 0 Å². The van der Waals surface area contributed by atoms with E-state index < -0.39 is 0 Å². The van der Waals surface area contributed by atoms with Crippen molar-refractivity contribution in [2.24, 2.45) is 10.8 Å². The number of hydrogen-bond donors (Lipinski definition) is 1. The monoisotopic (exact) mass is 844 g/mol. The molecule has 0 amide bonds. The number of thiophene rings is 1. The van der Waals surface area contributed by atoms with Crippen LogP contribution < -0.4 is 0 Å². The molecule has 6 aromatic rings.